The summed E-state index contributed by atoms with van der Waals surface area (Å²) in [4.78, 5) is 12.9. The second kappa shape index (κ2) is 4.42. The third-order valence-electron chi connectivity index (χ3n) is 4.77. The van der Waals surface area contributed by atoms with Gasteiger partial charge in [-0.1, -0.05) is 12.1 Å². The molecule has 2 aliphatic rings. The molecule has 0 bridgehead atoms. The number of ketones is 1. The van der Waals surface area contributed by atoms with Crippen molar-refractivity contribution in [3.8, 4) is 0 Å². The lowest BCUT2D eigenvalue weighted by molar-refractivity contribution is -0.0712. The standard InChI is InChI=1S/C18H24O2/c1-17(2)11-15(18(3,4)20-17)16(19)14-9-8-12-6-5-7-13(12)10-14/h8-10,15H,5-7,11H2,1-4H3. The average Bonchev–Trinajstić information content (AvgIpc) is 2.88. The molecule has 3 rings (SSSR count). The molecule has 108 valence electrons. The van der Waals surface area contributed by atoms with Crippen LogP contribution in [0.2, 0.25) is 0 Å². The van der Waals surface area contributed by atoms with Gasteiger partial charge in [-0.25, -0.2) is 0 Å². The maximum absolute atomic E-state index is 12.9. The Morgan fingerprint density at radius 3 is 2.50 bits per heavy atom. The summed E-state index contributed by atoms with van der Waals surface area (Å²) in [6.07, 6.45) is 4.30. The molecular weight excluding hydrogens is 248 g/mol. The van der Waals surface area contributed by atoms with Gasteiger partial charge in [0, 0.05) is 5.56 Å². The zero-order valence-electron chi connectivity index (χ0n) is 13.0. The van der Waals surface area contributed by atoms with E-state index in [1.807, 2.05) is 19.9 Å². The predicted molar refractivity (Wildman–Crippen MR) is 80.1 cm³/mol. The summed E-state index contributed by atoms with van der Waals surface area (Å²) in [6.45, 7) is 8.23. The fourth-order valence-corrected chi connectivity index (χ4v) is 3.90. The van der Waals surface area contributed by atoms with Crippen molar-refractivity contribution in [3.05, 3.63) is 34.9 Å². The number of fused-ring (bicyclic) bond motifs is 1. The smallest absolute Gasteiger partial charge is 0.168 e. The van der Waals surface area contributed by atoms with Gasteiger partial charge in [0.1, 0.15) is 0 Å². The van der Waals surface area contributed by atoms with Gasteiger partial charge in [0.25, 0.3) is 0 Å². The maximum atomic E-state index is 12.9. The van der Waals surface area contributed by atoms with Gasteiger partial charge in [-0.05, 0) is 70.6 Å². The summed E-state index contributed by atoms with van der Waals surface area (Å²) >= 11 is 0. The molecule has 1 aliphatic heterocycles. The fraction of sp³-hybridized carbons (Fsp3) is 0.611. The molecule has 0 saturated carbocycles. The van der Waals surface area contributed by atoms with Crippen LogP contribution in [-0.4, -0.2) is 17.0 Å². The van der Waals surface area contributed by atoms with Crippen LogP contribution in [0.3, 0.4) is 0 Å². The van der Waals surface area contributed by atoms with E-state index in [0.717, 1.165) is 24.8 Å². The minimum Gasteiger partial charge on any atom is -0.369 e. The Hall–Kier alpha value is -1.15. The SMILES string of the molecule is CC1(C)CC(C(=O)c2ccc3c(c2)CCC3)C(C)(C)O1. The van der Waals surface area contributed by atoms with Crippen LogP contribution in [0.1, 0.15) is 62.0 Å². The molecule has 0 spiro atoms. The van der Waals surface area contributed by atoms with E-state index in [2.05, 4.69) is 26.0 Å². The zero-order chi connectivity index (χ0) is 14.5. The summed E-state index contributed by atoms with van der Waals surface area (Å²) in [5, 5.41) is 0. The summed E-state index contributed by atoms with van der Waals surface area (Å²) < 4.78 is 6.06. The van der Waals surface area contributed by atoms with E-state index >= 15 is 0 Å². The number of carbonyl (C=O) groups excluding carboxylic acids is 1. The second-order valence-electron chi connectivity index (χ2n) is 7.42. The maximum Gasteiger partial charge on any atom is 0.168 e. The highest BCUT2D eigenvalue weighted by Crippen LogP contribution is 2.43. The van der Waals surface area contributed by atoms with Gasteiger partial charge < -0.3 is 4.74 Å². The Morgan fingerprint density at radius 2 is 1.85 bits per heavy atom. The molecule has 0 amide bonds. The highest BCUT2D eigenvalue weighted by atomic mass is 16.5. The number of aryl methyl sites for hydroxylation is 2. The van der Waals surface area contributed by atoms with Crippen LogP contribution in [0.4, 0.5) is 0 Å². The molecule has 0 N–H and O–H groups in total. The highest BCUT2D eigenvalue weighted by molar-refractivity contribution is 5.99. The van der Waals surface area contributed by atoms with E-state index in [9.17, 15) is 4.79 Å². The molecule has 1 unspecified atom stereocenters. The van der Waals surface area contributed by atoms with E-state index < -0.39 is 0 Å². The number of hydrogen-bond donors (Lipinski definition) is 0. The van der Waals surface area contributed by atoms with Crippen molar-refractivity contribution < 1.29 is 9.53 Å². The van der Waals surface area contributed by atoms with Crippen LogP contribution in [0.15, 0.2) is 18.2 Å². The Morgan fingerprint density at radius 1 is 1.15 bits per heavy atom. The minimum atomic E-state index is -0.375. The van der Waals surface area contributed by atoms with Crippen molar-refractivity contribution >= 4 is 5.78 Å². The third kappa shape index (κ3) is 2.31. The van der Waals surface area contributed by atoms with Crippen LogP contribution < -0.4 is 0 Å². The van der Waals surface area contributed by atoms with Gasteiger partial charge >= 0.3 is 0 Å². The molecule has 1 aliphatic carbocycles. The summed E-state index contributed by atoms with van der Waals surface area (Å²) in [6, 6.07) is 6.27. The van der Waals surface area contributed by atoms with Gasteiger partial charge in [-0.3, -0.25) is 4.79 Å². The second-order valence-corrected chi connectivity index (χ2v) is 7.42. The first kappa shape index (κ1) is 13.8. The molecular formula is C18H24O2. The number of hydrogen-bond acceptors (Lipinski definition) is 2. The average molecular weight is 272 g/mol. The predicted octanol–water partition coefficient (Wildman–Crippen LogP) is 3.95. The van der Waals surface area contributed by atoms with Crippen LogP contribution in [0, 0.1) is 5.92 Å². The van der Waals surface area contributed by atoms with Crippen molar-refractivity contribution in [3.63, 3.8) is 0 Å². The largest absolute Gasteiger partial charge is 0.369 e. The zero-order valence-corrected chi connectivity index (χ0v) is 13.0. The first-order chi connectivity index (χ1) is 9.28. The Labute approximate surface area is 121 Å². The quantitative estimate of drug-likeness (QED) is 0.762. The van der Waals surface area contributed by atoms with Crippen molar-refractivity contribution in [1.82, 2.24) is 0 Å². The lowest BCUT2D eigenvalue weighted by Crippen LogP contribution is -2.33. The van der Waals surface area contributed by atoms with Crippen LogP contribution in [0.25, 0.3) is 0 Å². The van der Waals surface area contributed by atoms with E-state index in [1.165, 1.54) is 17.5 Å². The van der Waals surface area contributed by atoms with Gasteiger partial charge in [-0.2, -0.15) is 0 Å². The monoisotopic (exact) mass is 272 g/mol. The van der Waals surface area contributed by atoms with Crippen molar-refractivity contribution in [2.24, 2.45) is 5.92 Å². The molecule has 2 nitrogen and oxygen atoms in total. The first-order valence-electron chi connectivity index (χ1n) is 7.65. The molecule has 1 aromatic carbocycles. The molecule has 1 atom stereocenters. The molecule has 1 saturated heterocycles. The Balaban J connectivity index is 1.89. The highest BCUT2D eigenvalue weighted by Gasteiger charge is 2.49. The van der Waals surface area contributed by atoms with E-state index in [-0.39, 0.29) is 22.9 Å². The van der Waals surface area contributed by atoms with E-state index in [0.29, 0.717) is 0 Å². The molecule has 2 heteroatoms. The Bertz CT molecular complexity index is 555. The first-order valence-corrected chi connectivity index (χ1v) is 7.65. The van der Waals surface area contributed by atoms with E-state index in [4.69, 9.17) is 4.74 Å². The molecule has 1 heterocycles. The number of carbonyl (C=O) groups is 1. The molecule has 1 aromatic rings. The van der Waals surface area contributed by atoms with Crippen molar-refractivity contribution in [2.45, 2.75) is 64.6 Å². The van der Waals surface area contributed by atoms with Crippen LogP contribution in [0.5, 0.6) is 0 Å². The topological polar surface area (TPSA) is 26.3 Å². The summed E-state index contributed by atoms with van der Waals surface area (Å²) in [7, 11) is 0. The van der Waals surface area contributed by atoms with Crippen molar-refractivity contribution in [2.75, 3.05) is 0 Å². The third-order valence-corrected chi connectivity index (χ3v) is 4.77. The minimum absolute atomic E-state index is 0.0445. The summed E-state index contributed by atoms with van der Waals surface area (Å²) in [5.41, 5.74) is 3.07. The van der Waals surface area contributed by atoms with Crippen molar-refractivity contribution in [1.29, 1.82) is 0 Å². The van der Waals surface area contributed by atoms with E-state index in [1.54, 1.807) is 0 Å². The molecule has 0 aromatic heterocycles. The lowest BCUT2D eigenvalue weighted by atomic mass is 9.81. The normalized spacial score (nSPS) is 26.5. The van der Waals surface area contributed by atoms with Gasteiger partial charge in [-0.15, -0.1) is 0 Å². The Kier molecular flexibility index (Phi) is 3.06. The van der Waals surface area contributed by atoms with Crippen LogP contribution >= 0.6 is 0 Å². The van der Waals surface area contributed by atoms with Gasteiger partial charge in [0.15, 0.2) is 5.78 Å². The number of ether oxygens (including phenoxy) is 1. The molecule has 0 radical (unpaired) electrons. The van der Waals surface area contributed by atoms with Gasteiger partial charge in [0.05, 0.1) is 17.1 Å². The molecule has 20 heavy (non-hydrogen) atoms. The lowest BCUT2D eigenvalue weighted by Gasteiger charge is -2.26. The molecule has 1 fully saturated rings. The number of Topliss-reactive ketones (excluding diaryl/α,β-unsaturated/α-hetero) is 1. The number of rotatable bonds is 2. The van der Waals surface area contributed by atoms with Crippen LogP contribution in [-0.2, 0) is 17.6 Å². The fourth-order valence-electron chi connectivity index (χ4n) is 3.90. The number of benzene rings is 1. The van der Waals surface area contributed by atoms with Gasteiger partial charge in [0.2, 0.25) is 0 Å². The summed E-state index contributed by atoms with van der Waals surface area (Å²) in [5.74, 6) is 0.201.